The van der Waals surface area contributed by atoms with Crippen LogP contribution in [0.5, 0.6) is 11.5 Å². The van der Waals surface area contributed by atoms with Gasteiger partial charge in [-0.1, -0.05) is 0 Å². The number of phenols is 1. The van der Waals surface area contributed by atoms with Gasteiger partial charge in [0.05, 0.1) is 17.7 Å². The summed E-state index contributed by atoms with van der Waals surface area (Å²) in [5.74, 6) is 0.406. The van der Waals surface area contributed by atoms with Gasteiger partial charge in [-0.05, 0) is 41.5 Å². The highest BCUT2D eigenvalue weighted by atomic mass is 79.9. The fourth-order valence-corrected chi connectivity index (χ4v) is 2.60. The first-order valence-corrected chi connectivity index (χ1v) is 5.70. The average Bonchev–Trinajstić information content (AvgIpc) is 2.17. The number of aliphatic hydroxyl groups excluding tert-OH is 1. The van der Waals surface area contributed by atoms with E-state index in [1.54, 1.807) is 13.1 Å². The van der Waals surface area contributed by atoms with E-state index in [1.165, 1.54) is 7.11 Å². The zero-order valence-corrected chi connectivity index (χ0v) is 11.1. The van der Waals surface area contributed by atoms with Gasteiger partial charge >= 0.3 is 0 Å². The number of halogens is 1. The highest BCUT2D eigenvalue weighted by molar-refractivity contribution is 9.10. The highest BCUT2D eigenvalue weighted by Crippen LogP contribution is 2.41. The lowest BCUT2D eigenvalue weighted by atomic mass is 10.0. The second-order valence-electron chi connectivity index (χ2n) is 3.55. The molecule has 0 fully saturated rings. The van der Waals surface area contributed by atoms with Gasteiger partial charge in [-0.3, -0.25) is 0 Å². The molecule has 0 heterocycles. The van der Waals surface area contributed by atoms with Crippen molar-refractivity contribution < 1.29 is 14.9 Å². The molecule has 16 heavy (non-hydrogen) atoms. The lowest BCUT2D eigenvalue weighted by Crippen LogP contribution is -2.18. The van der Waals surface area contributed by atoms with Crippen molar-refractivity contribution in [3.63, 3.8) is 0 Å². The van der Waals surface area contributed by atoms with Gasteiger partial charge in [-0.25, -0.2) is 0 Å². The SMILES string of the molecule is CNCC(O)c1c(C)cc(O)c(OC)c1Br. The molecule has 1 unspecified atom stereocenters. The maximum absolute atomic E-state index is 9.96. The van der Waals surface area contributed by atoms with Crippen molar-refractivity contribution in [2.24, 2.45) is 0 Å². The lowest BCUT2D eigenvalue weighted by Gasteiger charge is -2.18. The van der Waals surface area contributed by atoms with Crippen molar-refractivity contribution in [2.45, 2.75) is 13.0 Å². The van der Waals surface area contributed by atoms with Crippen LogP contribution in [0.3, 0.4) is 0 Å². The van der Waals surface area contributed by atoms with E-state index < -0.39 is 6.10 Å². The molecule has 90 valence electrons. The molecule has 5 heteroatoms. The van der Waals surface area contributed by atoms with Crippen LogP contribution in [0.1, 0.15) is 17.2 Å². The Hall–Kier alpha value is -0.780. The van der Waals surface area contributed by atoms with E-state index in [9.17, 15) is 10.2 Å². The summed E-state index contributed by atoms with van der Waals surface area (Å²) in [7, 11) is 3.24. The van der Waals surface area contributed by atoms with Crippen LogP contribution in [0.4, 0.5) is 0 Å². The molecule has 0 spiro atoms. The summed E-state index contributed by atoms with van der Waals surface area (Å²) in [6.45, 7) is 2.27. The Morgan fingerprint density at radius 3 is 2.69 bits per heavy atom. The number of methoxy groups -OCH3 is 1. The molecule has 0 amide bonds. The van der Waals surface area contributed by atoms with Crippen LogP contribution in [0, 0.1) is 6.92 Å². The maximum atomic E-state index is 9.96. The maximum Gasteiger partial charge on any atom is 0.175 e. The Balaban J connectivity index is 3.27. The van der Waals surface area contributed by atoms with Crippen LogP contribution < -0.4 is 10.1 Å². The third-order valence-electron chi connectivity index (χ3n) is 2.38. The Morgan fingerprint density at radius 2 is 2.19 bits per heavy atom. The number of aryl methyl sites for hydroxylation is 1. The first-order chi connectivity index (χ1) is 7.52. The predicted molar refractivity (Wildman–Crippen MR) is 66.0 cm³/mol. The molecule has 1 rings (SSSR count). The van der Waals surface area contributed by atoms with Crippen LogP contribution in [0.25, 0.3) is 0 Å². The Kier molecular flexibility index (Phi) is 4.58. The minimum absolute atomic E-state index is 0.0623. The molecule has 0 saturated heterocycles. The van der Waals surface area contributed by atoms with E-state index in [0.29, 0.717) is 16.8 Å². The second-order valence-corrected chi connectivity index (χ2v) is 4.34. The molecule has 0 radical (unpaired) electrons. The van der Waals surface area contributed by atoms with E-state index in [-0.39, 0.29) is 5.75 Å². The first kappa shape index (κ1) is 13.3. The van der Waals surface area contributed by atoms with Gasteiger partial charge < -0.3 is 20.3 Å². The minimum atomic E-state index is -0.645. The van der Waals surface area contributed by atoms with E-state index in [4.69, 9.17) is 4.74 Å². The number of hydrogen-bond acceptors (Lipinski definition) is 4. The molecule has 3 N–H and O–H groups in total. The third-order valence-corrected chi connectivity index (χ3v) is 3.17. The number of rotatable bonds is 4. The quantitative estimate of drug-likeness (QED) is 0.790. The Morgan fingerprint density at radius 1 is 1.56 bits per heavy atom. The zero-order chi connectivity index (χ0) is 12.3. The molecule has 4 nitrogen and oxygen atoms in total. The molecular formula is C11H16BrNO3. The van der Waals surface area contributed by atoms with Gasteiger partial charge in [0.2, 0.25) is 0 Å². The molecule has 1 aromatic carbocycles. The standard InChI is InChI=1S/C11H16BrNO3/c1-6-4-7(14)11(16-3)10(12)9(6)8(15)5-13-2/h4,8,13-15H,5H2,1-3H3. The summed E-state index contributed by atoms with van der Waals surface area (Å²) in [5.41, 5.74) is 1.54. The Labute approximate surface area is 103 Å². The van der Waals surface area contributed by atoms with Gasteiger partial charge in [0.15, 0.2) is 11.5 Å². The van der Waals surface area contributed by atoms with Crippen molar-refractivity contribution in [3.05, 3.63) is 21.7 Å². The number of aromatic hydroxyl groups is 1. The molecule has 1 atom stereocenters. The van der Waals surface area contributed by atoms with Gasteiger partial charge in [0, 0.05) is 12.1 Å². The summed E-state index contributed by atoms with van der Waals surface area (Å²) >= 11 is 3.34. The van der Waals surface area contributed by atoms with E-state index in [2.05, 4.69) is 21.2 Å². The molecule has 0 aliphatic carbocycles. The second kappa shape index (κ2) is 5.52. The normalized spacial score (nSPS) is 12.6. The van der Waals surface area contributed by atoms with Crippen LogP contribution >= 0.6 is 15.9 Å². The summed E-state index contributed by atoms with van der Waals surface area (Å²) in [5, 5.41) is 22.5. The fraction of sp³-hybridized carbons (Fsp3) is 0.455. The third kappa shape index (κ3) is 2.48. The van der Waals surface area contributed by atoms with Gasteiger partial charge in [0.1, 0.15) is 0 Å². The van der Waals surface area contributed by atoms with Crippen LogP contribution in [-0.4, -0.2) is 30.9 Å². The number of hydrogen-bond donors (Lipinski definition) is 3. The molecule has 0 bridgehead atoms. The number of nitrogens with one attached hydrogen (secondary N) is 1. The fourth-order valence-electron chi connectivity index (χ4n) is 1.65. The molecule has 1 aromatic rings. The van der Waals surface area contributed by atoms with Crippen LogP contribution in [0.15, 0.2) is 10.5 Å². The monoisotopic (exact) mass is 289 g/mol. The minimum Gasteiger partial charge on any atom is -0.504 e. The van der Waals surface area contributed by atoms with Crippen molar-refractivity contribution in [1.82, 2.24) is 5.32 Å². The van der Waals surface area contributed by atoms with Crippen LogP contribution in [0.2, 0.25) is 0 Å². The summed E-state index contributed by atoms with van der Waals surface area (Å²) < 4.78 is 5.66. The largest absolute Gasteiger partial charge is 0.504 e. The predicted octanol–water partition coefficient (Wildman–Crippen LogP) is 1.72. The van der Waals surface area contributed by atoms with E-state index in [1.807, 2.05) is 6.92 Å². The molecule has 0 aromatic heterocycles. The summed E-state index contributed by atoms with van der Waals surface area (Å²) in [4.78, 5) is 0. The number of ether oxygens (including phenoxy) is 1. The molecule has 0 aliphatic heterocycles. The zero-order valence-electron chi connectivity index (χ0n) is 9.54. The van der Waals surface area contributed by atoms with Gasteiger partial charge in [-0.15, -0.1) is 0 Å². The van der Waals surface area contributed by atoms with Crippen molar-refractivity contribution >= 4 is 15.9 Å². The average molecular weight is 290 g/mol. The lowest BCUT2D eigenvalue weighted by molar-refractivity contribution is 0.175. The van der Waals surface area contributed by atoms with Gasteiger partial charge in [-0.2, -0.15) is 0 Å². The number of benzene rings is 1. The molecule has 0 saturated carbocycles. The topological polar surface area (TPSA) is 61.7 Å². The van der Waals surface area contributed by atoms with Crippen molar-refractivity contribution in [3.8, 4) is 11.5 Å². The molecular weight excluding hydrogens is 274 g/mol. The van der Waals surface area contributed by atoms with E-state index in [0.717, 1.165) is 11.1 Å². The Bertz CT molecular complexity index is 382. The number of phenolic OH excluding ortho intramolecular Hbond substituents is 1. The summed E-state index contributed by atoms with van der Waals surface area (Å²) in [6, 6.07) is 1.58. The number of likely N-dealkylation sites (N-methyl/N-ethyl adjacent to an activating group) is 1. The smallest absolute Gasteiger partial charge is 0.175 e. The summed E-state index contributed by atoms with van der Waals surface area (Å²) in [6.07, 6.45) is -0.645. The molecule has 0 aliphatic rings. The number of aliphatic hydroxyl groups is 1. The van der Waals surface area contributed by atoms with Crippen LogP contribution in [-0.2, 0) is 0 Å². The van der Waals surface area contributed by atoms with E-state index >= 15 is 0 Å². The highest BCUT2D eigenvalue weighted by Gasteiger charge is 2.19. The first-order valence-electron chi connectivity index (χ1n) is 4.91. The van der Waals surface area contributed by atoms with Gasteiger partial charge in [0.25, 0.3) is 0 Å². The van der Waals surface area contributed by atoms with Crippen molar-refractivity contribution in [2.75, 3.05) is 20.7 Å². The van der Waals surface area contributed by atoms with Crippen molar-refractivity contribution in [1.29, 1.82) is 0 Å².